The largest absolute Gasteiger partial charge is 0.478 e. The van der Waals surface area contributed by atoms with Crippen LogP contribution in [0.15, 0.2) is 24.3 Å². The van der Waals surface area contributed by atoms with Gasteiger partial charge in [0, 0.05) is 50.7 Å². The van der Waals surface area contributed by atoms with Crippen molar-refractivity contribution >= 4 is 40.2 Å². The number of fused-ring (bicyclic) bond motifs is 1. The molecule has 1 fully saturated rings. The van der Waals surface area contributed by atoms with Gasteiger partial charge < -0.3 is 20.6 Å². The number of hydrogen-bond donors (Lipinski definition) is 3. The summed E-state index contributed by atoms with van der Waals surface area (Å²) in [4.78, 5) is 43.8. The fourth-order valence-corrected chi connectivity index (χ4v) is 3.49. The molecule has 1 aromatic heterocycles. The first-order chi connectivity index (χ1) is 14.4. The number of carboxylic acid groups (broad SMARTS) is 1. The SMILES string of the molecule is CCCNC(=O)CN1CCN(c2cc(C(=O)O)c3cc(NC(C)=O)ccc3n2)CC1. The Hall–Kier alpha value is -3.20. The number of nitrogens with one attached hydrogen (secondary N) is 2. The minimum atomic E-state index is -1.05. The number of carbonyl (C=O) groups is 3. The van der Waals surface area contributed by atoms with E-state index in [-0.39, 0.29) is 17.4 Å². The summed E-state index contributed by atoms with van der Waals surface area (Å²) in [5.74, 6) is -0.647. The van der Waals surface area contributed by atoms with Crippen LogP contribution in [0.3, 0.4) is 0 Å². The predicted octanol–water partition coefficient (Wildman–Crippen LogP) is 1.54. The summed E-state index contributed by atoms with van der Waals surface area (Å²) < 4.78 is 0. The summed E-state index contributed by atoms with van der Waals surface area (Å²) in [5.41, 5.74) is 1.23. The van der Waals surface area contributed by atoms with Crippen LogP contribution in [-0.2, 0) is 9.59 Å². The lowest BCUT2D eigenvalue weighted by Crippen LogP contribution is -2.49. The maximum Gasteiger partial charge on any atom is 0.336 e. The number of anilines is 2. The van der Waals surface area contributed by atoms with Gasteiger partial charge in [-0.2, -0.15) is 0 Å². The molecule has 1 aliphatic rings. The highest BCUT2D eigenvalue weighted by molar-refractivity contribution is 6.05. The van der Waals surface area contributed by atoms with E-state index in [4.69, 9.17) is 0 Å². The van der Waals surface area contributed by atoms with Gasteiger partial charge in [0.25, 0.3) is 0 Å². The van der Waals surface area contributed by atoms with Crippen molar-refractivity contribution in [1.29, 1.82) is 0 Å². The smallest absolute Gasteiger partial charge is 0.336 e. The molecule has 1 aromatic carbocycles. The van der Waals surface area contributed by atoms with Crippen molar-refractivity contribution < 1.29 is 19.5 Å². The van der Waals surface area contributed by atoms with Crippen molar-refractivity contribution in [2.24, 2.45) is 0 Å². The van der Waals surface area contributed by atoms with Gasteiger partial charge in [-0.1, -0.05) is 6.92 Å². The third-order valence-corrected chi connectivity index (χ3v) is 4.98. The number of piperazine rings is 1. The average molecular weight is 413 g/mol. The van der Waals surface area contributed by atoms with E-state index in [1.54, 1.807) is 24.3 Å². The van der Waals surface area contributed by atoms with E-state index in [2.05, 4.69) is 20.5 Å². The molecule has 1 saturated heterocycles. The van der Waals surface area contributed by atoms with E-state index < -0.39 is 5.97 Å². The number of rotatable bonds is 7. The summed E-state index contributed by atoms with van der Waals surface area (Å²) in [6, 6.07) is 6.62. The molecule has 0 unspecified atom stereocenters. The number of pyridine rings is 1. The van der Waals surface area contributed by atoms with Gasteiger partial charge in [-0.05, 0) is 30.7 Å². The molecule has 1 aliphatic heterocycles. The zero-order valence-corrected chi connectivity index (χ0v) is 17.3. The monoisotopic (exact) mass is 413 g/mol. The van der Waals surface area contributed by atoms with Gasteiger partial charge in [0.05, 0.1) is 17.6 Å². The lowest BCUT2D eigenvalue weighted by molar-refractivity contribution is -0.122. The van der Waals surface area contributed by atoms with Crippen molar-refractivity contribution in [3.63, 3.8) is 0 Å². The fraction of sp³-hybridized carbons (Fsp3) is 0.429. The van der Waals surface area contributed by atoms with Crippen LogP contribution in [0.5, 0.6) is 0 Å². The molecular formula is C21H27N5O4. The van der Waals surface area contributed by atoms with Crippen LogP contribution >= 0.6 is 0 Å². The van der Waals surface area contributed by atoms with Gasteiger partial charge in [-0.15, -0.1) is 0 Å². The first-order valence-corrected chi connectivity index (χ1v) is 10.1. The second-order valence-corrected chi connectivity index (χ2v) is 7.36. The first kappa shape index (κ1) is 21.5. The number of aromatic nitrogens is 1. The first-order valence-electron chi connectivity index (χ1n) is 10.1. The molecule has 2 amide bonds. The van der Waals surface area contributed by atoms with Gasteiger partial charge in [-0.3, -0.25) is 14.5 Å². The lowest BCUT2D eigenvalue weighted by Gasteiger charge is -2.35. The number of hydrogen-bond acceptors (Lipinski definition) is 6. The Bertz CT molecular complexity index is 954. The van der Waals surface area contributed by atoms with E-state index in [1.807, 2.05) is 11.8 Å². The van der Waals surface area contributed by atoms with Crippen LogP contribution in [0.25, 0.3) is 10.9 Å². The van der Waals surface area contributed by atoms with Gasteiger partial charge in [0.15, 0.2) is 0 Å². The quantitative estimate of drug-likeness (QED) is 0.631. The minimum absolute atomic E-state index is 0.0252. The molecule has 160 valence electrons. The van der Waals surface area contributed by atoms with Crippen LogP contribution in [0.2, 0.25) is 0 Å². The number of carboxylic acids is 1. The topological polar surface area (TPSA) is 115 Å². The standard InChI is InChI=1S/C21H27N5O4/c1-3-6-22-20(28)13-25-7-9-26(10-8-25)19-12-17(21(29)30)16-11-15(23-14(2)27)4-5-18(16)24-19/h4-5,11-12H,3,6-10,13H2,1-2H3,(H,22,28)(H,23,27)(H,29,30). The Morgan fingerprint density at radius 2 is 1.87 bits per heavy atom. The molecule has 3 rings (SSSR count). The third-order valence-electron chi connectivity index (χ3n) is 4.98. The zero-order chi connectivity index (χ0) is 21.7. The van der Waals surface area contributed by atoms with Gasteiger partial charge in [-0.25, -0.2) is 9.78 Å². The number of carbonyl (C=O) groups excluding carboxylic acids is 2. The number of benzene rings is 1. The second-order valence-electron chi connectivity index (χ2n) is 7.36. The molecule has 0 saturated carbocycles. The Labute approximate surface area is 175 Å². The molecule has 9 nitrogen and oxygen atoms in total. The molecule has 0 radical (unpaired) electrons. The maximum atomic E-state index is 11.9. The van der Waals surface area contributed by atoms with E-state index >= 15 is 0 Å². The van der Waals surface area contributed by atoms with Crippen molar-refractivity contribution in [2.75, 3.05) is 49.5 Å². The summed E-state index contributed by atoms with van der Waals surface area (Å²) >= 11 is 0. The molecular weight excluding hydrogens is 386 g/mol. The van der Waals surface area contributed by atoms with E-state index in [1.165, 1.54) is 6.92 Å². The third kappa shape index (κ3) is 5.24. The van der Waals surface area contributed by atoms with E-state index in [0.717, 1.165) is 6.42 Å². The summed E-state index contributed by atoms with van der Waals surface area (Å²) in [7, 11) is 0. The van der Waals surface area contributed by atoms with Crippen molar-refractivity contribution in [3.8, 4) is 0 Å². The Morgan fingerprint density at radius 1 is 1.13 bits per heavy atom. The minimum Gasteiger partial charge on any atom is -0.478 e. The summed E-state index contributed by atoms with van der Waals surface area (Å²) in [5, 5.41) is 15.7. The van der Waals surface area contributed by atoms with Crippen molar-refractivity contribution in [1.82, 2.24) is 15.2 Å². The highest BCUT2D eigenvalue weighted by Gasteiger charge is 2.22. The molecule has 30 heavy (non-hydrogen) atoms. The van der Waals surface area contributed by atoms with Crippen LogP contribution in [0, 0.1) is 0 Å². The molecule has 3 N–H and O–H groups in total. The molecule has 2 aromatic rings. The molecule has 0 spiro atoms. The Kier molecular flexibility index (Phi) is 6.83. The lowest BCUT2D eigenvalue weighted by atomic mass is 10.1. The number of nitrogens with zero attached hydrogens (tertiary/aromatic N) is 3. The van der Waals surface area contributed by atoms with E-state index in [0.29, 0.717) is 61.7 Å². The van der Waals surface area contributed by atoms with Crippen LogP contribution in [0.1, 0.15) is 30.6 Å². The van der Waals surface area contributed by atoms with Crippen molar-refractivity contribution in [3.05, 3.63) is 29.8 Å². The number of aromatic carboxylic acids is 1. The molecule has 9 heteroatoms. The normalized spacial score (nSPS) is 14.5. The molecule has 0 atom stereocenters. The fourth-order valence-electron chi connectivity index (χ4n) is 3.49. The van der Waals surface area contributed by atoms with Crippen molar-refractivity contribution in [2.45, 2.75) is 20.3 Å². The van der Waals surface area contributed by atoms with Gasteiger partial charge in [0.1, 0.15) is 5.82 Å². The van der Waals surface area contributed by atoms with Gasteiger partial charge in [0.2, 0.25) is 11.8 Å². The van der Waals surface area contributed by atoms with Crippen LogP contribution in [0.4, 0.5) is 11.5 Å². The predicted molar refractivity (Wildman–Crippen MR) is 115 cm³/mol. The molecule has 2 heterocycles. The summed E-state index contributed by atoms with van der Waals surface area (Å²) in [6.45, 7) is 7.17. The maximum absolute atomic E-state index is 11.9. The Morgan fingerprint density at radius 3 is 2.50 bits per heavy atom. The molecule has 0 aliphatic carbocycles. The van der Waals surface area contributed by atoms with Gasteiger partial charge >= 0.3 is 5.97 Å². The second kappa shape index (κ2) is 9.53. The number of amides is 2. The summed E-state index contributed by atoms with van der Waals surface area (Å²) in [6.07, 6.45) is 0.908. The van der Waals surface area contributed by atoms with Crippen LogP contribution in [-0.4, -0.2) is 72.0 Å². The highest BCUT2D eigenvalue weighted by atomic mass is 16.4. The van der Waals surface area contributed by atoms with Crippen LogP contribution < -0.4 is 15.5 Å². The average Bonchev–Trinajstić information content (AvgIpc) is 2.71. The zero-order valence-electron chi connectivity index (χ0n) is 17.3. The highest BCUT2D eigenvalue weighted by Crippen LogP contribution is 2.26. The molecule has 0 bridgehead atoms. The Balaban J connectivity index is 1.76. The van der Waals surface area contributed by atoms with E-state index in [9.17, 15) is 19.5 Å².